The van der Waals surface area contributed by atoms with Gasteiger partial charge in [-0.15, -0.1) is 0 Å². The minimum Gasteiger partial charge on any atom is -0.461 e. The van der Waals surface area contributed by atoms with Crippen LogP contribution in [0.3, 0.4) is 0 Å². The lowest BCUT2D eigenvalue weighted by Gasteiger charge is -2.18. The third-order valence-electron chi connectivity index (χ3n) is 2.42. The van der Waals surface area contributed by atoms with Gasteiger partial charge in [0.25, 0.3) is 0 Å². The number of esters is 1. The topological polar surface area (TPSA) is 26.3 Å². The van der Waals surface area contributed by atoms with Gasteiger partial charge in [-0.05, 0) is 30.5 Å². The number of fused-ring (bicyclic) bond motifs is 1. The zero-order chi connectivity index (χ0) is 9.42. The minimum atomic E-state index is -0.112. The number of hydrogen-bond donors (Lipinski definition) is 0. The Morgan fingerprint density at radius 1 is 1.31 bits per heavy atom. The van der Waals surface area contributed by atoms with Crippen LogP contribution in [0.5, 0.6) is 0 Å². The Kier molecular flexibility index (Phi) is 1.83. The van der Waals surface area contributed by atoms with E-state index in [1.807, 2.05) is 6.92 Å². The molecule has 1 aliphatic heterocycles. The number of carbonyl (C=O) groups excluding carboxylic acids is 1. The van der Waals surface area contributed by atoms with Crippen LogP contribution in [0.25, 0.3) is 0 Å². The monoisotopic (exact) mass is 176 g/mol. The number of benzene rings is 1. The summed E-state index contributed by atoms with van der Waals surface area (Å²) in [5.74, 6) is -0.112. The zero-order valence-electron chi connectivity index (χ0n) is 7.89. The highest BCUT2D eigenvalue weighted by Crippen LogP contribution is 2.22. The van der Waals surface area contributed by atoms with Gasteiger partial charge >= 0.3 is 5.97 Å². The molecule has 0 amide bonds. The number of ether oxygens (including phenoxy) is 1. The van der Waals surface area contributed by atoms with Crippen LogP contribution in [-0.2, 0) is 22.6 Å². The van der Waals surface area contributed by atoms with E-state index in [0.717, 1.165) is 11.1 Å². The van der Waals surface area contributed by atoms with Crippen LogP contribution >= 0.6 is 0 Å². The van der Waals surface area contributed by atoms with Gasteiger partial charge < -0.3 is 4.74 Å². The first-order chi connectivity index (χ1) is 6.16. The normalized spacial score (nSPS) is 15.1. The molecule has 2 heteroatoms. The van der Waals surface area contributed by atoms with Crippen molar-refractivity contribution in [3.05, 3.63) is 34.4 Å². The van der Waals surface area contributed by atoms with E-state index in [1.54, 1.807) is 0 Å². The van der Waals surface area contributed by atoms with Crippen LogP contribution in [0.4, 0.5) is 0 Å². The van der Waals surface area contributed by atoms with E-state index in [9.17, 15) is 4.79 Å². The largest absolute Gasteiger partial charge is 0.461 e. The Bertz CT molecular complexity index is 367. The third kappa shape index (κ3) is 1.44. The second-order valence-electron chi connectivity index (χ2n) is 3.56. The van der Waals surface area contributed by atoms with E-state index >= 15 is 0 Å². The third-order valence-corrected chi connectivity index (χ3v) is 2.42. The molecule has 0 saturated heterocycles. The molecule has 0 spiro atoms. The second kappa shape index (κ2) is 2.87. The molecule has 0 aromatic heterocycles. The highest BCUT2D eigenvalue weighted by molar-refractivity contribution is 5.75. The molecule has 0 fully saturated rings. The first-order valence-corrected chi connectivity index (χ1v) is 4.41. The number of rotatable bonds is 0. The smallest absolute Gasteiger partial charge is 0.310 e. The lowest BCUT2D eigenvalue weighted by Crippen LogP contribution is -2.17. The van der Waals surface area contributed by atoms with Crippen molar-refractivity contribution in [3.8, 4) is 0 Å². The molecule has 2 nitrogen and oxygen atoms in total. The first kappa shape index (κ1) is 8.30. The van der Waals surface area contributed by atoms with E-state index in [-0.39, 0.29) is 5.97 Å². The Balaban J connectivity index is 2.53. The van der Waals surface area contributed by atoms with Crippen molar-refractivity contribution in [2.75, 3.05) is 0 Å². The van der Waals surface area contributed by atoms with Gasteiger partial charge in [0.2, 0.25) is 0 Å². The average Bonchev–Trinajstić information content (AvgIpc) is 2.06. The first-order valence-electron chi connectivity index (χ1n) is 4.41. The van der Waals surface area contributed by atoms with E-state index < -0.39 is 0 Å². The van der Waals surface area contributed by atoms with Crippen molar-refractivity contribution in [3.63, 3.8) is 0 Å². The summed E-state index contributed by atoms with van der Waals surface area (Å²) in [6.45, 7) is 4.55. The molecule has 0 radical (unpaired) electrons. The molecule has 13 heavy (non-hydrogen) atoms. The zero-order valence-corrected chi connectivity index (χ0v) is 7.89. The summed E-state index contributed by atoms with van der Waals surface area (Å²) >= 11 is 0. The van der Waals surface area contributed by atoms with Gasteiger partial charge in [-0.25, -0.2) is 0 Å². The number of hydrogen-bond acceptors (Lipinski definition) is 2. The van der Waals surface area contributed by atoms with Crippen LogP contribution in [0.1, 0.15) is 22.3 Å². The highest BCUT2D eigenvalue weighted by Gasteiger charge is 2.18. The van der Waals surface area contributed by atoms with Gasteiger partial charge in [0.15, 0.2) is 0 Å². The molecule has 1 heterocycles. The quantitative estimate of drug-likeness (QED) is 0.564. The van der Waals surface area contributed by atoms with Crippen LogP contribution in [0.2, 0.25) is 0 Å². The van der Waals surface area contributed by atoms with E-state index in [1.165, 1.54) is 11.1 Å². The van der Waals surface area contributed by atoms with Crippen molar-refractivity contribution in [1.82, 2.24) is 0 Å². The summed E-state index contributed by atoms with van der Waals surface area (Å²) in [5.41, 5.74) is 4.75. The predicted molar refractivity (Wildman–Crippen MR) is 49.4 cm³/mol. The van der Waals surface area contributed by atoms with E-state index in [0.29, 0.717) is 13.0 Å². The van der Waals surface area contributed by atoms with Crippen molar-refractivity contribution < 1.29 is 9.53 Å². The van der Waals surface area contributed by atoms with Crippen molar-refractivity contribution in [2.45, 2.75) is 26.9 Å². The molecule has 0 bridgehead atoms. The molecule has 68 valence electrons. The maximum atomic E-state index is 11.0. The van der Waals surface area contributed by atoms with Gasteiger partial charge in [-0.2, -0.15) is 0 Å². The maximum absolute atomic E-state index is 11.0. The van der Waals surface area contributed by atoms with Crippen molar-refractivity contribution in [2.24, 2.45) is 0 Å². The maximum Gasteiger partial charge on any atom is 0.310 e. The highest BCUT2D eigenvalue weighted by atomic mass is 16.5. The number of cyclic esters (lactones) is 1. The Labute approximate surface area is 77.5 Å². The molecule has 0 aliphatic carbocycles. The fourth-order valence-corrected chi connectivity index (χ4v) is 1.82. The Morgan fingerprint density at radius 3 is 2.85 bits per heavy atom. The summed E-state index contributed by atoms with van der Waals surface area (Å²) in [4.78, 5) is 11.0. The molecule has 0 N–H and O–H groups in total. The van der Waals surface area contributed by atoms with Gasteiger partial charge in [0.1, 0.15) is 6.61 Å². The van der Waals surface area contributed by atoms with Crippen LogP contribution < -0.4 is 0 Å². The molecule has 1 aliphatic rings. The van der Waals surface area contributed by atoms with Crippen molar-refractivity contribution in [1.29, 1.82) is 0 Å². The van der Waals surface area contributed by atoms with Crippen LogP contribution in [0.15, 0.2) is 12.1 Å². The summed E-state index contributed by atoms with van der Waals surface area (Å²) in [5, 5.41) is 0. The molecule has 0 atom stereocenters. The minimum absolute atomic E-state index is 0.112. The average molecular weight is 176 g/mol. The number of aryl methyl sites for hydroxylation is 2. The van der Waals surface area contributed by atoms with Crippen molar-refractivity contribution >= 4 is 5.97 Å². The lowest BCUT2D eigenvalue weighted by atomic mass is 9.95. The van der Waals surface area contributed by atoms with Crippen LogP contribution in [-0.4, -0.2) is 5.97 Å². The van der Waals surface area contributed by atoms with Gasteiger partial charge in [-0.1, -0.05) is 17.7 Å². The molecule has 1 aromatic rings. The van der Waals surface area contributed by atoms with Gasteiger partial charge in [0, 0.05) is 0 Å². The molecule has 2 rings (SSSR count). The summed E-state index contributed by atoms with van der Waals surface area (Å²) < 4.78 is 4.98. The fourth-order valence-electron chi connectivity index (χ4n) is 1.82. The molecule has 1 aromatic carbocycles. The predicted octanol–water partition coefficient (Wildman–Crippen LogP) is 1.90. The van der Waals surface area contributed by atoms with Gasteiger partial charge in [0.05, 0.1) is 6.42 Å². The van der Waals surface area contributed by atoms with E-state index in [2.05, 4.69) is 19.1 Å². The number of carbonyl (C=O) groups is 1. The molecular weight excluding hydrogens is 164 g/mol. The molecule has 0 unspecified atom stereocenters. The summed E-state index contributed by atoms with van der Waals surface area (Å²) in [6.07, 6.45) is 0.432. The Morgan fingerprint density at radius 2 is 2.08 bits per heavy atom. The summed E-state index contributed by atoms with van der Waals surface area (Å²) in [6, 6.07) is 4.20. The standard InChI is InChI=1S/C11H12O2/c1-7-3-8(2)10-5-11(12)13-6-9(10)4-7/h3-4H,5-6H2,1-2H3. The molecule has 0 saturated carbocycles. The van der Waals surface area contributed by atoms with Crippen LogP contribution in [0, 0.1) is 13.8 Å². The Hall–Kier alpha value is -1.31. The second-order valence-corrected chi connectivity index (χ2v) is 3.56. The molecular formula is C11H12O2. The summed E-state index contributed by atoms with van der Waals surface area (Å²) in [7, 11) is 0. The van der Waals surface area contributed by atoms with Gasteiger partial charge in [-0.3, -0.25) is 4.79 Å². The fraction of sp³-hybridized carbons (Fsp3) is 0.364. The van der Waals surface area contributed by atoms with E-state index in [4.69, 9.17) is 4.74 Å². The SMILES string of the molecule is Cc1cc(C)c2c(c1)COC(=O)C2. The lowest BCUT2D eigenvalue weighted by molar-refractivity contribution is -0.145.